The van der Waals surface area contributed by atoms with Crippen molar-refractivity contribution in [2.45, 2.75) is 33.3 Å². The second kappa shape index (κ2) is 12.5. The van der Waals surface area contributed by atoms with Gasteiger partial charge in [0.2, 0.25) is 5.95 Å². The number of aromatic nitrogens is 2. The van der Waals surface area contributed by atoms with E-state index in [4.69, 9.17) is 14.2 Å². The van der Waals surface area contributed by atoms with Crippen molar-refractivity contribution in [2.75, 3.05) is 54.3 Å². The number of oxime groups is 1. The summed E-state index contributed by atoms with van der Waals surface area (Å²) in [6, 6.07) is 13.0. The first-order valence-electron chi connectivity index (χ1n) is 12.9. The molecule has 4 N–H and O–H groups in total. The molecule has 212 valence electrons. The Morgan fingerprint density at radius 1 is 1.07 bits per heavy atom. The number of para-hydroxylation sites is 2. The fourth-order valence-electron chi connectivity index (χ4n) is 4.02. The first-order valence-corrected chi connectivity index (χ1v) is 12.9. The van der Waals surface area contributed by atoms with Crippen LogP contribution in [0.3, 0.4) is 0 Å². The minimum absolute atomic E-state index is 0.284. The normalized spacial score (nSPS) is 13.9. The molecule has 1 aliphatic heterocycles. The zero-order valence-electron chi connectivity index (χ0n) is 23.3. The minimum Gasteiger partial charge on any atom is -0.494 e. The third-order valence-electron chi connectivity index (χ3n) is 5.95. The number of carbonyl (C=O) groups is 1. The molecular weight excluding hydrogens is 514 g/mol. The molecule has 1 amide bonds. The largest absolute Gasteiger partial charge is 0.494 e. The lowest BCUT2D eigenvalue weighted by molar-refractivity contribution is 0.0636. The predicted octanol–water partition coefficient (Wildman–Crippen LogP) is 5.35. The smallest absolute Gasteiger partial charge is 0.412 e. The number of hydrogen-bond donors (Lipinski definition) is 4. The van der Waals surface area contributed by atoms with Gasteiger partial charge in [0.15, 0.2) is 0 Å². The first kappa shape index (κ1) is 28.4. The number of methoxy groups -OCH3 is 1. The van der Waals surface area contributed by atoms with Gasteiger partial charge in [-0.05, 0) is 52.0 Å². The highest BCUT2D eigenvalue weighted by atomic mass is 16.6. The van der Waals surface area contributed by atoms with E-state index in [2.05, 4.69) is 36.0 Å². The van der Waals surface area contributed by atoms with E-state index in [1.54, 1.807) is 59.2 Å². The van der Waals surface area contributed by atoms with E-state index in [9.17, 15) is 10.0 Å². The molecule has 1 saturated heterocycles. The average molecular weight is 550 g/mol. The average Bonchev–Trinajstić information content (AvgIpc) is 2.93. The van der Waals surface area contributed by atoms with Crippen LogP contribution in [-0.4, -0.2) is 66.0 Å². The lowest BCUT2D eigenvalue weighted by atomic mass is 10.2. The van der Waals surface area contributed by atoms with E-state index in [-0.39, 0.29) is 5.95 Å². The summed E-state index contributed by atoms with van der Waals surface area (Å²) >= 11 is 0. The summed E-state index contributed by atoms with van der Waals surface area (Å²) < 4.78 is 16.5. The quantitative estimate of drug-likeness (QED) is 0.165. The first-order chi connectivity index (χ1) is 19.2. The summed E-state index contributed by atoms with van der Waals surface area (Å²) in [5.41, 5.74) is 2.87. The molecule has 0 saturated carbocycles. The molecule has 0 bridgehead atoms. The molecule has 1 aromatic heterocycles. The molecule has 1 aliphatic rings. The van der Waals surface area contributed by atoms with Crippen LogP contribution >= 0.6 is 0 Å². The molecular formula is C28H35N7O5. The standard InChI is InChI=1S/C28H35N7O5/c1-18(34-37)20-17-29-26(31-23-11-10-19(16-24(23)38-5)35-12-14-39-15-13-35)33-25(20)30-21-8-6-7-9-22(21)32-27(36)40-28(2,3)4/h6-11,16-17,37H,12-15H2,1-5H3,(H,32,36)(H2,29,30,31,33)/b34-18+. The summed E-state index contributed by atoms with van der Waals surface area (Å²) in [7, 11) is 1.61. The van der Waals surface area contributed by atoms with Crippen molar-refractivity contribution in [1.82, 2.24) is 9.97 Å². The van der Waals surface area contributed by atoms with Gasteiger partial charge in [-0.3, -0.25) is 5.32 Å². The van der Waals surface area contributed by atoms with Gasteiger partial charge in [0.1, 0.15) is 17.2 Å². The molecule has 0 unspecified atom stereocenters. The van der Waals surface area contributed by atoms with Gasteiger partial charge < -0.3 is 35.0 Å². The minimum atomic E-state index is -0.650. The number of amides is 1. The van der Waals surface area contributed by atoms with Crippen molar-refractivity contribution in [3.8, 4) is 5.75 Å². The Morgan fingerprint density at radius 2 is 1.80 bits per heavy atom. The molecule has 0 spiro atoms. The van der Waals surface area contributed by atoms with Gasteiger partial charge in [-0.15, -0.1) is 0 Å². The fraction of sp³-hybridized carbons (Fsp3) is 0.357. The van der Waals surface area contributed by atoms with Crippen molar-refractivity contribution < 1.29 is 24.2 Å². The van der Waals surface area contributed by atoms with Crippen LogP contribution in [0.2, 0.25) is 0 Å². The van der Waals surface area contributed by atoms with Crippen LogP contribution in [0.5, 0.6) is 5.75 Å². The molecule has 0 radical (unpaired) electrons. The Labute approximate surface area is 233 Å². The van der Waals surface area contributed by atoms with Gasteiger partial charge >= 0.3 is 6.09 Å². The molecule has 4 rings (SSSR count). The third kappa shape index (κ3) is 7.29. The SMILES string of the molecule is COc1cc(N2CCOCC2)ccc1Nc1ncc(/C(C)=N/O)c(Nc2ccccc2NC(=O)OC(C)(C)C)n1. The van der Waals surface area contributed by atoms with E-state index in [0.29, 0.717) is 53.1 Å². The van der Waals surface area contributed by atoms with Crippen LogP contribution in [0.25, 0.3) is 0 Å². The van der Waals surface area contributed by atoms with Crippen molar-refractivity contribution in [3.05, 3.63) is 54.2 Å². The van der Waals surface area contributed by atoms with E-state index in [1.165, 1.54) is 0 Å². The third-order valence-corrected chi connectivity index (χ3v) is 5.95. The number of rotatable bonds is 8. The summed E-state index contributed by atoms with van der Waals surface area (Å²) in [6.45, 7) is 10.0. The van der Waals surface area contributed by atoms with E-state index in [1.807, 2.05) is 24.3 Å². The fourth-order valence-corrected chi connectivity index (χ4v) is 4.02. The molecule has 2 aromatic carbocycles. The van der Waals surface area contributed by atoms with Gasteiger partial charge in [-0.25, -0.2) is 9.78 Å². The number of anilines is 6. The monoisotopic (exact) mass is 549 g/mol. The second-order valence-corrected chi connectivity index (χ2v) is 10.0. The number of carbonyl (C=O) groups excluding carboxylic acids is 1. The number of benzene rings is 2. The van der Waals surface area contributed by atoms with Crippen molar-refractivity contribution >= 4 is 46.3 Å². The van der Waals surface area contributed by atoms with Crippen LogP contribution in [0, 0.1) is 0 Å². The van der Waals surface area contributed by atoms with Crippen molar-refractivity contribution in [1.29, 1.82) is 0 Å². The Morgan fingerprint density at radius 3 is 2.48 bits per heavy atom. The molecule has 1 fully saturated rings. The van der Waals surface area contributed by atoms with Crippen LogP contribution in [0.1, 0.15) is 33.3 Å². The Bertz CT molecular complexity index is 1370. The highest BCUT2D eigenvalue weighted by molar-refractivity contribution is 6.03. The van der Waals surface area contributed by atoms with Crippen molar-refractivity contribution in [2.24, 2.45) is 5.16 Å². The maximum atomic E-state index is 12.4. The van der Waals surface area contributed by atoms with Gasteiger partial charge in [-0.1, -0.05) is 17.3 Å². The lowest BCUT2D eigenvalue weighted by Gasteiger charge is -2.29. The predicted molar refractivity (Wildman–Crippen MR) is 155 cm³/mol. The van der Waals surface area contributed by atoms with Crippen LogP contribution in [0.4, 0.5) is 39.3 Å². The topological polar surface area (TPSA) is 142 Å². The maximum absolute atomic E-state index is 12.4. The van der Waals surface area contributed by atoms with Gasteiger partial charge in [0.05, 0.1) is 48.7 Å². The molecule has 40 heavy (non-hydrogen) atoms. The molecule has 12 nitrogen and oxygen atoms in total. The number of nitrogens with zero attached hydrogens (tertiary/aromatic N) is 4. The van der Waals surface area contributed by atoms with Crippen LogP contribution in [0.15, 0.2) is 53.8 Å². The molecule has 2 heterocycles. The van der Waals surface area contributed by atoms with E-state index in [0.717, 1.165) is 18.8 Å². The summed E-state index contributed by atoms with van der Waals surface area (Å²) in [5.74, 6) is 1.27. The number of hydrogen-bond acceptors (Lipinski definition) is 11. The second-order valence-electron chi connectivity index (χ2n) is 10.0. The van der Waals surface area contributed by atoms with Gasteiger partial charge in [0.25, 0.3) is 0 Å². The highest BCUT2D eigenvalue weighted by Gasteiger charge is 2.19. The van der Waals surface area contributed by atoms with Gasteiger partial charge in [0, 0.05) is 31.0 Å². The van der Waals surface area contributed by atoms with Crippen molar-refractivity contribution in [3.63, 3.8) is 0 Å². The highest BCUT2D eigenvalue weighted by Crippen LogP contribution is 2.33. The summed E-state index contributed by atoms with van der Waals surface area (Å²) in [6.07, 6.45) is 0.957. The Hall–Kier alpha value is -4.58. The van der Waals surface area contributed by atoms with Crippen LogP contribution < -0.4 is 25.6 Å². The van der Waals surface area contributed by atoms with E-state index < -0.39 is 11.7 Å². The Balaban J connectivity index is 1.61. The summed E-state index contributed by atoms with van der Waals surface area (Å²) in [5, 5.41) is 22.0. The molecule has 3 aromatic rings. The van der Waals surface area contributed by atoms with E-state index >= 15 is 0 Å². The Kier molecular flexibility index (Phi) is 8.90. The summed E-state index contributed by atoms with van der Waals surface area (Å²) in [4.78, 5) is 23.7. The number of morpholine rings is 1. The van der Waals surface area contributed by atoms with Gasteiger partial charge in [-0.2, -0.15) is 4.98 Å². The maximum Gasteiger partial charge on any atom is 0.412 e. The molecule has 0 aliphatic carbocycles. The lowest BCUT2D eigenvalue weighted by Crippen LogP contribution is -2.36. The molecule has 12 heteroatoms. The van der Waals surface area contributed by atoms with Crippen LogP contribution in [-0.2, 0) is 9.47 Å². The zero-order chi connectivity index (χ0) is 28.7. The number of ether oxygens (including phenoxy) is 3. The molecule has 0 atom stereocenters. The zero-order valence-corrected chi connectivity index (χ0v) is 23.3. The number of nitrogens with one attached hydrogen (secondary N) is 3.